The van der Waals surface area contributed by atoms with E-state index in [1.807, 2.05) is 5.38 Å². The molecule has 0 aliphatic heterocycles. The predicted octanol–water partition coefficient (Wildman–Crippen LogP) is 4.18. The molecular formula is C20H20N2O4S3. The molecule has 2 N–H and O–H groups in total. The molecule has 0 bridgehead atoms. The summed E-state index contributed by atoms with van der Waals surface area (Å²) in [5.74, 6) is -0.199. The van der Waals surface area contributed by atoms with Crippen LogP contribution in [0.1, 0.15) is 39.0 Å². The minimum Gasteiger partial charge on any atom is -0.326 e. The topological polar surface area (TPSA) is 92.3 Å². The van der Waals surface area contributed by atoms with Crippen molar-refractivity contribution in [1.82, 2.24) is 4.72 Å². The van der Waals surface area contributed by atoms with Gasteiger partial charge in [-0.1, -0.05) is 6.92 Å². The Morgan fingerprint density at radius 1 is 1.10 bits per heavy atom. The molecule has 0 atom stereocenters. The third-order valence-corrected chi connectivity index (χ3v) is 7.50. The maximum atomic E-state index is 12.7. The van der Waals surface area contributed by atoms with Crippen molar-refractivity contribution in [3.8, 4) is 0 Å². The van der Waals surface area contributed by atoms with Crippen LogP contribution < -0.4 is 10.0 Å². The fourth-order valence-corrected chi connectivity index (χ4v) is 5.52. The number of hydrogen-bond acceptors (Lipinski definition) is 6. The molecule has 152 valence electrons. The number of sulfonamides is 1. The van der Waals surface area contributed by atoms with Crippen LogP contribution in [0.15, 0.2) is 52.1 Å². The molecule has 0 unspecified atom stereocenters. The van der Waals surface area contributed by atoms with Crippen LogP contribution in [-0.4, -0.2) is 20.1 Å². The molecule has 0 radical (unpaired) electrons. The van der Waals surface area contributed by atoms with E-state index in [4.69, 9.17) is 0 Å². The largest absolute Gasteiger partial charge is 0.326 e. The number of anilines is 1. The van der Waals surface area contributed by atoms with Gasteiger partial charge in [0.15, 0.2) is 0 Å². The number of benzene rings is 1. The summed E-state index contributed by atoms with van der Waals surface area (Å²) >= 11 is 2.73. The van der Waals surface area contributed by atoms with E-state index in [0.717, 1.165) is 4.88 Å². The SMILES string of the molecule is CCC(=O)Nc1ccc(S(=O)(=O)NCc2ccc(C(=O)c3ccsc3)s2)c(C)c1. The fourth-order valence-electron chi connectivity index (χ4n) is 2.65. The normalized spacial score (nSPS) is 11.4. The molecule has 1 aromatic carbocycles. The van der Waals surface area contributed by atoms with Gasteiger partial charge in [-0.2, -0.15) is 11.3 Å². The quantitative estimate of drug-likeness (QED) is 0.506. The van der Waals surface area contributed by atoms with Crippen molar-refractivity contribution in [1.29, 1.82) is 0 Å². The van der Waals surface area contributed by atoms with Gasteiger partial charge in [0.05, 0.1) is 9.77 Å². The molecule has 0 saturated heterocycles. The van der Waals surface area contributed by atoms with Gasteiger partial charge in [0.2, 0.25) is 21.7 Å². The van der Waals surface area contributed by atoms with Crippen LogP contribution >= 0.6 is 22.7 Å². The van der Waals surface area contributed by atoms with E-state index in [2.05, 4.69) is 10.0 Å². The van der Waals surface area contributed by atoms with E-state index >= 15 is 0 Å². The van der Waals surface area contributed by atoms with Crippen LogP contribution in [0.2, 0.25) is 0 Å². The predicted molar refractivity (Wildman–Crippen MR) is 116 cm³/mol. The summed E-state index contributed by atoms with van der Waals surface area (Å²) in [5.41, 5.74) is 1.73. The van der Waals surface area contributed by atoms with Crippen LogP contribution in [0.25, 0.3) is 0 Å². The number of amides is 1. The molecule has 3 aromatic rings. The number of aryl methyl sites for hydroxylation is 1. The lowest BCUT2D eigenvalue weighted by atomic mass is 10.2. The third kappa shape index (κ3) is 5.18. The highest BCUT2D eigenvalue weighted by atomic mass is 32.2. The summed E-state index contributed by atoms with van der Waals surface area (Å²) in [7, 11) is -3.73. The number of carbonyl (C=O) groups is 2. The minimum absolute atomic E-state index is 0.0640. The van der Waals surface area contributed by atoms with Gasteiger partial charge in [-0.05, 0) is 54.3 Å². The van der Waals surface area contributed by atoms with Gasteiger partial charge in [-0.3, -0.25) is 9.59 Å². The Labute approximate surface area is 177 Å². The first-order chi connectivity index (χ1) is 13.8. The van der Waals surface area contributed by atoms with E-state index in [1.165, 1.54) is 28.7 Å². The molecular weight excluding hydrogens is 428 g/mol. The Kier molecular flexibility index (Phi) is 6.63. The average molecular weight is 449 g/mol. The zero-order valence-electron chi connectivity index (χ0n) is 15.9. The monoisotopic (exact) mass is 448 g/mol. The Hall–Kier alpha value is -2.33. The second-order valence-electron chi connectivity index (χ2n) is 6.31. The van der Waals surface area contributed by atoms with Crippen LogP contribution in [0.5, 0.6) is 0 Å². The maximum Gasteiger partial charge on any atom is 0.241 e. The second kappa shape index (κ2) is 9.00. The van der Waals surface area contributed by atoms with Crippen molar-refractivity contribution in [3.63, 3.8) is 0 Å². The average Bonchev–Trinajstić information content (AvgIpc) is 3.38. The first-order valence-corrected chi connectivity index (χ1v) is 12.1. The van der Waals surface area contributed by atoms with Gasteiger partial charge < -0.3 is 5.32 Å². The number of carbonyl (C=O) groups excluding carboxylic acids is 2. The third-order valence-electron chi connectivity index (χ3n) is 4.17. The first kappa shape index (κ1) is 21.4. The van der Waals surface area contributed by atoms with E-state index in [0.29, 0.717) is 28.1 Å². The highest BCUT2D eigenvalue weighted by Gasteiger charge is 2.18. The number of hydrogen-bond donors (Lipinski definition) is 2. The molecule has 2 heterocycles. The van der Waals surface area contributed by atoms with E-state index in [-0.39, 0.29) is 23.1 Å². The van der Waals surface area contributed by atoms with Crippen LogP contribution in [-0.2, 0) is 21.4 Å². The number of rotatable bonds is 8. The smallest absolute Gasteiger partial charge is 0.241 e. The van der Waals surface area contributed by atoms with Gasteiger partial charge in [0, 0.05) is 34.5 Å². The lowest BCUT2D eigenvalue weighted by Gasteiger charge is -2.11. The number of ketones is 1. The lowest BCUT2D eigenvalue weighted by Crippen LogP contribution is -2.23. The van der Waals surface area contributed by atoms with Gasteiger partial charge in [0.1, 0.15) is 0 Å². The summed E-state index contributed by atoms with van der Waals surface area (Å²) < 4.78 is 27.9. The zero-order valence-corrected chi connectivity index (χ0v) is 18.3. The molecule has 0 fully saturated rings. The molecule has 0 saturated carbocycles. The standard InChI is InChI=1S/C20H20N2O4S3/c1-3-19(23)22-15-4-7-18(13(2)10-15)29(25,26)21-11-16-5-6-17(28-16)20(24)14-8-9-27-12-14/h4-10,12,21H,3,11H2,1-2H3,(H,22,23). The molecule has 6 nitrogen and oxygen atoms in total. The van der Waals surface area contributed by atoms with Crippen LogP contribution in [0, 0.1) is 6.92 Å². The second-order valence-corrected chi connectivity index (χ2v) is 10.00. The van der Waals surface area contributed by atoms with Gasteiger partial charge in [0.25, 0.3) is 0 Å². The van der Waals surface area contributed by atoms with E-state index in [1.54, 1.807) is 49.6 Å². The summed E-state index contributed by atoms with van der Waals surface area (Å²) in [5, 5.41) is 6.35. The van der Waals surface area contributed by atoms with Crippen LogP contribution in [0.4, 0.5) is 5.69 Å². The van der Waals surface area contributed by atoms with Gasteiger partial charge in [-0.25, -0.2) is 13.1 Å². The highest BCUT2D eigenvalue weighted by Crippen LogP contribution is 2.23. The van der Waals surface area contributed by atoms with Crippen LogP contribution in [0.3, 0.4) is 0 Å². The number of nitrogens with one attached hydrogen (secondary N) is 2. The molecule has 0 aliphatic carbocycles. The van der Waals surface area contributed by atoms with E-state index in [9.17, 15) is 18.0 Å². The van der Waals surface area contributed by atoms with Crippen molar-refractivity contribution < 1.29 is 18.0 Å². The van der Waals surface area contributed by atoms with Gasteiger partial charge in [-0.15, -0.1) is 11.3 Å². The van der Waals surface area contributed by atoms with Crippen molar-refractivity contribution >= 4 is 50.1 Å². The Morgan fingerprint density at radius 2 is 1.90 bits per heavy atom. The maximum absolute atomic E-state index is 12.7. The van der Waals surface area contributed by atoms with Crippen molar-refractivity contribution in [2.75, 3.05) is 5.32 Å². The Balaban J connectivity index is 1.69. The molecule has 9 heteroatoms. The van der Waals surface area contributed by atoms with Crippen molar-refractivity contribution in [2.45, 2.75) is 31.7 Å². The molecule has 29 heavy (non-hydrogen) atoms. The van der Waals surface area contributed by atoms with E-state index < -0.39 is 10.0 Å². The molecule has 1 amide bonds. The summed E-state index contributed by atoms with van der Waals surface area (Å²) in [6, 6.07) is 9.91. The summed E-state index contributed by atoms with van der Waals surface area (Å²) in [6.07, 6.45) is 0.346. The molecule has 0 aliphatic rings. The molecule has 3 rings (SSSR count). The van der Waals surface area contributed by atoms with Crippen molar-refractivity contribution in [3.05, 3.63) is 68.0 Å². The summed E-state index contributed by atoms with van der Waals surface area (Å²) in [6.45, 7) is 3.52. The lowest BCUT2D eigenvalue weighted by molar-refractivity contribution is -0.115. The molecule has 2 aromatic heterocycles. The number of thiophene rings is 2. The molecule has 0 spiro atoms. The minimum atomic E-state index is -3.73. The summed E-state index contributed by atoms with van der Waals surface area (Å²) in [4.78, 5) is 25.3. The first-order valence-electron chi connectivity index (χ1n) is 8.86. The fraction of sp³-hybridized carbons (Fsp3) is 0.200. The van der Waals surface area contributed by atoms with Crippen molar-refractivity contribution in [2.24, 2.45) is 0 Å². The Morgan fingerprint density at radius 3 is 2.55 bits per heavy atom. The zero-order chi connectivity index (χ0) is 21.0. The highest BCUT2D eigenvalue weighted by molar-refractivity contribution is 7.89. The van der Waals surface area contributed by atoms with Gasteiger partial charge >= 0.3 is 0 Å². The Bertz CT molecular complexity index is 1130.